The number of anilines is 1. The first-order valence-electron chi connectivity index (χ1n) is 8.50. The van der Waals surface area contributed by atoms with E-state index in [1.54, 1.807) is 11.8 Å². The first-order valence-corrected chi connectivity index (χ1v) is 9.73. The van der Waals surface area contributed by atoms with E-state index in [-0.39, 0.29) is 6.42 Å². The first kappa shape index (κ1) is 18.3. The van der Waals surface area contributed by atoms with Gasteiger partial charge in [-0.05, 0) is 76.9 Å². The molecule has 2 aromatic carbocycles. The Bertz CT molecular complexity index is 908. The van der Waals surface area contributed by atoms with Crippen molar-refractivity contribution in [2.75, 3.05) is 25.3 Å². The van der Waals surface area contributed by atoms with Gasteiger partial charge in [-0.1, -0.05) is 18.2 Å². The maximum absolute atomic E-state index is 11.4. The predicted octanol–water partition coefficient (Wildman–Crippen LogP) is 5.28. The number of carboxylic acids is 1. The number of hydrogen-bond acceptors (Lipinski definition) is 3. The van der Waals surface area contributed by atoms with Crippen LogP contribution in [0.25, 0.3) is 17.2 Å². The molecule has 3 nitrogen and oxygen atoms in total. The van der Waals surface area contributed by atoms with Gasteiger partial charge >= 0.3 is 5.97 Å². The highest BCUT2D eigenvalue weighted by atomic mass is 32.2. The Labute approximate surface area is 159 Å². The van der Waals surface area contributed by atoms with Gasteiger partial charge in [0.25, 0.3) is 0 Å². The fourth-order valence-corrected chi connectivity index (χ4v) is 3.70. The minimum absolute atomic E-state index is 0.0401. The zero-order valence-electron chi connectivity index (χ0n) is 15.5. The number of fused-ring (bicyclic) bond motifs is 1. The molecule has 1 aliphatic rings. The quantitative estimate of drug-likeness (QED) is 0.732. The van der Waals surface area contributed by atoms with E-state index in [0.29, 0.717) is 0 Å². The van der Waals surface area contributed by atoms with Gasteiger partial charge in [0.15, 0.2) is 0 Å². The third kappa shape index (κ3) is 3.56. The highest BCUT2D eigenvalue weighted by Gasteiger charge is 2.25. The number of nitrogens with zero attached hydrogens (tertiary/aromatic N) is 1. The minimum atomic E-state index is -0.800. The van der Waals surface area contributed by atoms with E-state index in [2.05, 4.69) is 54.8 Å². The van der Waals surface area contributed by atoms with E-state index < -0.39 is 5.97 Å². The van der Waals surface area contributed by atoms with E-state index in [1.165, 1.54) is 4.90 Å². The lowest BCUT2D eigenvalue weighted by Crippen LogP contribution is -2.09. The Morgan fingerprint density at radius 2 is 1.81 bits per heavy atom. The maximum atomic E-state index is 11.4. The Kier molecular flexibility index (Phi) is 5.23. The van der Waals surface area contributed by atoms with Crippen LogP contribution in [0, 0.1) is 0 Å². The summed E-state index contributed by atoms with van der Waals surface area (Å²) in [5.74, 6) is -0.800. The summed E-state index contributed by atoms with van der Waals surface area (Å²) in [4.78, 5) is 14.7. The monoisotopic (exact) mass is 365 g/mol. The molecule has 0 saturated heterocycles. The number of carbonyl (C=O) groups is 1. The lowest BCUT2D eigenvalue weighted by molar-refractivity contribution is -0.135. The summed E-state index contributed by atoms with van der Waals surface area (Å²) in [5, 5.41) is 9.36. The standard InChI is InChI=1S/C22H23NO2S/c1-14-19(11-15-5-8-17(26-4)9-6-15)18-10-7-16(23(2)3)12-21(18)20(14)13-22(24)25/h5-12H,13H2,1-4H3,(H,24,25)/b19-11-. The Morgan fingerprint density at radius 1 is 1.12 bits per heavy atom. The fraction of sp³-hybridized carbons (Fsp3) is 0.227. The molecule has 3 rings (SSSR count). The summed E-state index contributed by atoms with van der Waals surface area (Å²) >= 11 is 1.72. The minimum Gasteiger partial charge on any atom is -0.481 e. The molecule has 0 aromatic heterocycles. The van der Waals surface area contributed by atoms with Crippen LogP contribution in [0.4, 0.5) is 5.69 Å². The second kappa shape index (κ2) is 7.42. The normalized spacial score (nSPS) is 14.7. The maximum Gasteiger partial charge on any atom is 0.307 e. The Morgan fingerprint density at radius 3 is 2.38 bits per heavy atom. The van der Waals surface area contributed by atoms with E-state index in [4.69, 9.17) is 0 Å². The summed E-state index contributed by atoms with van der Waals surface area (Å²) < 4.78 is 0. The predicted molar refractivity (Wildman–Crippen MR) is 112 cm³/mol. The highest BCUT2D eigenvalue weighted by molar-refractivity contribution is 7.98. The molecule has 0 amide bonds. The molecule has 1 N–H and O–H groups in total. The van der Waals surface area contributed by atoms with Crippen molar-refractivity contribution in [3.8, 4) is 0 Å². The fourth-order valence-electron chi connectivity index (χ4n) is 3.29. The molecule has 134 valence electrons. The van der Waals surface area contributed by atoms with Crippen molar-refractivity contribution in [3.05, 3.63) is 64.7 Å². The molecule has 0 bridgehead atoms. The zero-order chi connectivity index (χ0) is 18.8. The molecule has 0 aliphatic heterocycles. The molecule has 0 radical (unpaired) electrons. The summed E-state index contributed by atoms with van der Waals surface area (Å²) in [7, 11) is 3.99. The lowest BCUT2D eigenvalue weighted by Gasteiger charge is -2.15. The largest absolute Gasteiger partial charge is 0.481 e. The molecular weight excluding hydrogens is 342 g/mol. The molecule has 1 aliphatic carbocycles. The van der Waals surface area contributed by atoms with Gasteiger partial charge in [-0.25, -0.2) is 0 Å². The van der Waals surface area contributed by atoms with E-state index >= 15 is 0 Å². The third-order valence-electron chi connectivity index (χ3n) is 4.75. The van der Waals surface area contributed by atoms with Gasteiger partial charge in [-0.3, -0.25) is 4.79 Å². The Hall–Kier alpha value is -2.46. The molecule has 0 spiro atoms. The second-order valence-corrected chi connectivity index (χ2v) is 7.51. The number of rotatable bonds is 5. The topological polar surface area (TPSA) is 40.5 Å². The molecule has 0 saturated carbocycles. The molecule has 2 aromatic rings. The molecule has 0 unspecified atom stereocenters. The van der Waals surface area contributed by atoms with Crippen LogP contribution in [0.5, 0.6) is 0 Å². The van der Waals surface area contributed by atoms with Crippen LogP contribution in [0.1, 0.15) is 30.0 Å². The molecule has 26 heavy (non-hydrogen) atoms. The third-order valence-corrected chi connectivity index (χ3v) is 5.49. The molecule has 4 heteroatoms. The van der Waals surface area contributed by atoms with Crippen LogP contribution >= 0.6 is 11.8 Å². The van der Waals surface area contributed by atoms with Crippen LogP contribution in [0.2, 0.25) is 0 Å². The van der Waals surface area contributed by atoms with E-state index in [0.717, 1.165) is 39.1 Å². The van der Waals surface area contributed by atoms with Gasteiger partial charge in [0.05, 0.1) is 6.42 Å². The van der Waals surface area contributed by atoms with Crippen molar-refractivity contribution in [1.29, 1.82) is 0 Å². The van der Waals surface area contributed by atoms with Crippen molar-refractivity contribution in [2.24, 2.45) is 0 Å². The summed E-state index contributed by atoms with van der Waals surface area (Å²) in [6.07, 6.45) is 4.26. The van der Waals surface area contributed by atoms with Gasteiger partial charge in [0.2, 0.25) is 0 Å². The average molecular weight is 365 g/mol. The lowest BCUT2D eigenvalue weighted by atomic mass is 10.00. The van der Waals surface area contributed by atoms with Crippen molar-refractivity contribution < 1.29 is 9.90 Å². The van der Waals surface area contributed by atoms with Crippen molar-refractivity contribution in [1.82, 2.24) is 0 Å². The van der Waals surface area contributed by atoms with Gasteiger partial charge in [0.1, 0.15) is 0 Å². The van der Waals surface area contributed by atoms with Crippen LogP contribution in [-0.2, 0) is 4.79 Å². The van der Waals surface area contributed by atoms with Crippen molar-refractivity contribution >= 4 is 40.6 Å². The molecular formula is C22H23NO2S. The van der Waals surface area contributed by atoms with Crippen LogP contribution in [-0.4, -0.2) is 31.4 Å². The van der Waals surface area contributed by atoms with Crippen molar-refractivity contribution in [3.63, 3.8) is 0 Å². The Balaban J connectivity index is 2.12. The molecule has 0 fully saturated rings. The van der Waals surface area contributed by atoms with Crippen molar-refractivity contribution in [2.45, 2.75) is 18.2 Å². The average Bonchev–Trinajstić information content (AvgIpc) is 2.87. The van der Waals surface area contributed by atoms with Gasteiger partial charge < -0.3 is 10.0 Å². The van der Waals surface area contributed by atoms with Crippen LogP contribution in [0.15, 0.2) is 52.9 Å². The number of benzene rings is 2. The van der Waals surface area contributed by atoms with Crippen LogP contribution < -0.4 is 4.90 Å². The van der Waals surface area contributed by atoms with Gasteiger partial charge in [-0.2, -0.15) is 0 Å². The second-order valence-electron chi connectivity index (χ2n) is 6.63. The number of allylic oxidation sites excluding steroid dienone is 2. The number of aliphatic carboxylic acids is 1. The SMILES string of the molecule is CSc1ccc(/C=C2/C(C)=C(CC(=O)O)c3cc(N(C)C)ccc32)cc1. The highest BCUT2D eigenvalue weighted by Crippen LogP contribution is 2.44. The summed E-state index contributed by atoms with van der Waals surface area (Å²) in [5.41, 5.74) is 7.40. The molecule has 0 atom stereocenters. The molecule has 0 heterocycles. The number of carboxylic acid groups (broad SMARTS) is 1. The van der Waals surface area contributed by atoms with Gasteiger partial charge in [-0.15, -0.1) is 11.8 Å². The van der Waals surface area contributed by atoms with Crippen LogP contribution in [0.3, 0.4) is 0 Å². The number of thioether (sulfide) groups is 1. The zero-order valence-corrected chi connectivity index (χ0v) is 16.4. The summed E-state index contributed by atoms with van der Waals surface area (Å²) in [6, 6.07) is 14.7. The summed E-state index contributed by atoms with van der Waals surface area (Å²) in [6.45, 7) is 2.02. The van der Waals surface area contributed by atoms with E-state index in [9.17, 15) is 9.90 Å². The smallest absolute Gasteiger partial charge is 0.307 e. The number of hydrogen-bond donors (Lipinski definition) is 1. The first-order chi connectivity index (χ1) is 12.4. The van der Waals surface area contributed by atoms with Gasteiger partial charge in [0, 0.05) is 24.7 Å². The van der Waals surface area contributed by atoms with E-state index in [1.807, 2.05) is 25.9 Å².